The van der Waals surface area contributed by atoms with E-state index in [1.54, 1.807) is 11.3 Å². The van der Waals surface area contributed by atoms with Gasteiger partial charge in [0.2, 0.25) is 0 Å². The molecule has 0 saturated heterocycles. The van der Waals surface area contributed by atoms with E-state index in [2.05, 4.69) is 30.7 Å². The maximum Gasteiger partial charge on any atom is 0.0108 e. The number of hydrogen-bond donors (Lipinski definition) is 1. The van der Waals surface area contributed by atoms with E-state index in [-0.39, 0.29) is 0 Å². The Labute approximate surface area is 96.7 Å². The maximum absolute atomic E-state index is 6.24. The van der Waals surface area contributed by atoms with Crippen LogP contribution in [0.1, 0.15) is 44.6 Å². The molecule has 1 aromatic rings. The fourth-order valence-electron chi connectivity index (χ4n) is 2.70. The molecular formula is C13H21NS. The summed E-state index contributed by atoms with van der Waals surface area (Å²) in [6, 6.07) is 2.63. The van der Waals surface area contributed by atoms with Crippen LogP contribution in [0, 0.1) is 11.8 Å². The first kappa shape index (κ1) is 11.2. The van der Waals surface area contributed by atoms with Crippen LogP contribution in [-0.2, 0) is 0 Å². The highest BCUT2D eigenvalue weighted by Crippen LogP contribution is 2.39. The predicted octanol–water partition coefficient (Wildman–Crippen LogP) is 3.62. The second-order valence-corrected chi connectivity index (χ2v) is 5.92. The van der Waals surface area contributed by atoms with Gasteiger partial charge in [-0.3, -0.25) is 0 Å². The average Bonchev–Trinajstić information content (AvgIpc) is 2.71. The molecular weight excluding hydrogens is 202 g/mol. The van der Waals surface area contributed by atoms with Gasteiger partial charge in [-0.2, -0.15) is 11.3 Å². The molecule has 2 rings (SSSR count). The van der Waals surface area contributed by atoms with Crippen LogP contribution in [0.15, 0.2) is 16.8 Å². The fourth-order valence-corrected chi connectivity index (χ4v) is 3.43. The van der Waals surface area contributed by atoms with E-state index in [1.165, 1.54) is 24.8 Å². The molecule has 1 aromatic heterocycles. The Balaban J connectivity index is 2.09. The molecule has 1 heterocycles. The van der Waals surface area contributed by atoms with Crippen LogP contribution in [0.2, 0.25) is 0 Å². The molecule has 15 heavy (non-hydrogen) atoms. The van der Waals surface area contributed by atoms with Gasteiger partial charge in [-0.1, -0.05) is 13.8 Å². The average molecular weight is 223 g/mol. The van der Waals surface area contributed by atoms with Crippen LogP contribution in [0.3, 0.4) is 0 Å². The molecule has 0 aliphatic heterocycles. The van der Waals surface area contributed by atoms with Crippen LogP contribution in [0.25, 0.3) is 0 Å². The molecule has 1 aliphatic carbocycles. The molecule has 0 bridgehead atoms. The van der Waals surface area contributed by atoms with Gasteiger partial charge in [0.25, 0.3) is 0 Å². The van der Waals surface area contributed by atoms with Crippen molar-refractivity contribution >= 4 is 11.3 Å². The predicted molar refractivity (Wildman–Crippen MR) is 67.2 cm³/mol. The zero-order valence-electron chi connectivity index (χ0n) is 9.65. The van der Waals surface area contributed by atoms with E-state index in [4.69, 9.17) is 5.73 Å². The smallest absolute Gasteiger partial charge is 0.0108 e. The lowest BCUT2D eigenvalue weighted by atomic mass is 9.72. The zero-order chi connectivity index (χ0) is 10.8. The Kier molecular flexibility index (Phi) is 3.47. The Morgan fingerprint density at radius 3 is 2.80 bits per heavy atom. The summed E-state index contributed by atoms with van der Waals surface area (Å²) in [6.45, 7) is 4.68. The Morgan fingerprint density at radius 2 is 2.20 bits per heavy atom. The molecule has 1 nitrogen and oxygen atoms in total. The van der Waals surface area contributed by atoms with E-state index in [1.807, 2.05) is 0 Å². The molecule has 1 aliphatic rings. The second kappa shape index (κ2) is 4.67. The van der Waals surface area contributed by atoms with Crippen LogP contribution in [0.4, 0.5) is 0 Å². The SMILES string of the molecule is CC(C)C1CCC(N)C(c2ccsc2)C1. The molecule has 2 heteroatoms. The molecule has 1 fully saturated rings. The summed E-state index contributed by atoms with van der Waals surface area (Å²) >= 11 is 1.79. The van der Waals surface area contributed by atoms with Crippen molar-refractivity contribution in [2.24, 2.45) is 17.6 Å². The van der Waals surface area contributed by atoms with E-state index in [0.29, 0.717) is 12.0 Å². The Morgan fingerprint density at radius 1 is 1.40 bits per heavy atom. The zero-order valence-corrected chi connectivity index (χ0v) is 10.5. The molecule has 84 valence electrons. The lowest BCUT2D eigenvalue weighted by Gasteiger charge is -2.35. The molecule has 0 amide bonds. The van der Waals surface area contributed by atoms with Gasteiger partial charge in [0.1, 0.15) is 0 Å². The minimum Gasteiger partial charge on any atom is -0.327 e. The van der Waals surface area contributed by atoms with Crippen molar-refractivity contribution in [1.82, 2.24) is 0 Å². The van der Waals surface area contributed by atoms with Gasteiger partial charge in [0.05, 0.1) is 0 Å². The van der Waals surface area contributed by atoms with Gasteiger partial charge in [0, 0.05) is 12.0 Å². The van der Waals surface area contributed by atoms with Crippen LogP contribution < -0.4 is 5.73 Å². The third-order valence-electron chi connectivity index (χ3n) is 3.86. The van der Waals surface area contributed by atoms with Crippen molar-refractivity contribution in [3.8, 4) is 0 Å². The Bertz CT molecular complexity index is 291. The summed E-state index contributed by atoms with van der Waals surface area (Å²) in [5, 5.41) is 4.44. The minimum atomic E-state index is 0.384. The van der Waals surface area contributed by atoms with Crippen molar-refractivity contribution in [1.29, 1.82) is 0 Å². The molecule has 0 radical (unpaired) electrons. The number of rotatable bonds is 2. The molecule has 0 spiro atoms. The summed E-state index contributed by atoms with van der Waals surface area (Å²) in [4.78, 5) is 0. The highest BCUT2D eigenvalue weighted by molar-refractivity contribution is 7.07. The first-order valence-electron chi connectivity index (χ1n) is 5.96. The third-order valence-corrected chi connectivity index (χ3v) is 4.56. The monoisotopic (exact) mass is 223 g/mol. The van der Waals surface area contributed by atoms with Crippen molar-refractivity contribution < 1.29 is 0 Å². The minimum absolute atomic E-state index is 0.384. The van der Waals surface area contributed by atoms with E-state index in [0.717, 1.165) is 11.8 Å². The molecule has 0 aromatic carbocycles. The quantitative estimate of drug-likeness (QED) is 0.814. The lowest BCUT2D eigenvalue weighted by molar-refractivity contribution is 0.233. The number of thiophene rings is 1. The third kappa shape index (κ3) is 2.43. The molecule has 2 N–H and O–H groups in total. The number of nitrogens with two attached hydrogens (primary N) is 1. The first-order valence-corrected chi connectivity index (χ1v) is 6.90. The standard InChI is InChI=1S/C13H21NS/c1-9(2)10-3-4-13(14)12(7-10)11-5-6-15-8-11/h5-6,8-10,12-13H,3-4,7,14H2,1-2H3. The van der Waals surface area contributed by atoms with Crippen LogP contribution >= 0.6 is 11.3 Å². The summed E-state index contributed by atoms with van der Waals surface area (Å²) < 4.78 is 0. The van der Waals surface area contributed by atoms with Crippen molar-refractivity contribution in [3.05, 3.63) is 22.4 Å². The van der Waals surface area contributed by atoms with Gasteiger partial charge in [-0.15, -0.1) is 0 Å². The fraction of sp³-hybridized carbons (Fsp3) is 0.692. The molecule has 1 saturated carbocycles. The van der Waals surface area contributed by atoms with E-state index < -0.39 is 0 Å². The molecule has 3 atom stereocenters. The second-order valence-electron chi connectivity index (χ2n) is 5.14. The van der Waals surface area contributed by atoms with E-state index in [9.17, 15) is 0 Å². The van der Waals surface area contributed by atoms with Gasteiger partial charge >= 0.3 is 0 Å². The summed E-state index contributed by atoms with van der Waals surface area (Å²) in [5.74, 6) is 2.28. The largest absolute Gasteiger partial charge is 0.327 e. The van der Waals surface area contributed by atoms with Gasteiger partial charge in [0.15, 0.2) is 0 Å². The normalized spacial score (nSPS) is 32.1. The summed E-state index contributed by atoms with van der Waals surface area (Å²) in [5.41, 5.74) is 7.71. The summed E-state index contributed by atoms with van der Waals surface area (Å²) in [7, 11) is 0. The van der Waals surface area contributed by atoms with Crippen molar-refractivity contribution in [2.75, 3.05) is 0 Å². The van der Waals surface area contributed by atoms with Gasteiger partial charge in [-0.05, 0) is 53.5 Å². The highest BCUT2D eigenvalue weighted by atomic mass is 32.1. The summed E-state index contributed by atoms with van der Waals surface area (Å²) in [6.07, 6.45) is 3.80. The maximum atomic E-state index is 6.24. The first-order chi connectivity index (χ1) is 7.18. The Hall–Kier alpha value is -0.340. The van der Waals surface area contributed by atoms with E-state index >= 15 is 0 Å². The number of hydrogen-bond acceptors (Lipinski definition) is 2. The van der Waals surface area contributed by atoms with Crippen LogP contribution in [-0.4, -0.2) is 6.04 Å². The lowest BCUT2D eigenvalue weighted by Crippen LogP contribution is -2.35. The topological polar surface area (TPSA) is 26.0 Å². The van der Waals surface area contributed by atoms with Gasteiger partial charge in [-0.25, -0.2) is 0 Å². The van der Waals surface area contributed by atoms with Crippen LogP contribution in [0.5, 0.6) is 0 Å². The van der Waals surface area contributed by atoms with Crippen molar-refractivity contribution in [3.63, 3.8) is 0 Å². The highest BCUT2D eigenvalue weighted by Gasteiger charge is 2.30. The van der Waals surface area contributed by atoms with Crippen molar-refractivity contribution in [2.45, 2.75) is 45.1 Å². The molecule has 3 unspecified atom stereocenters. The van der Waals surface area contributed by atoms with Gasteiger partial charge < -0.3 is 5.73 Å².